The Labute approximate surface area is 154 Å². The first-order valence-electron chi connectivity index (χ1n) is 7.83. The standard InChI is InChI=1S/C18H16ClN5S/c1-12-7-8-16-20-13(10-24(16)9-12)11-25-18-22-21-17(23(18)2)14-5-3-4-6-15(14)19/h3-10H,11H2,1-2H3. The molecule has 0 saturated heterocycles. The van der Waals surface area contributed by atoms with Crippen molar-refractivity contribution in [3.8, 4) is 11.4 Å². The minimum Gasteiger partial charge on any atom is -0.307 e. The second-order valence-electron chi connectivity index (χ2n) is 5.84. The zero-order chi connectivity index (χ0) is 17.4. The Balaban J connectivity index is 1.56. The molecule has 3 heterocycles. The number of aromatic nitrogens is 5. The largest absolute Gasteiger partial charge is 0.307 e. The Morgan fingerprint density at radius 3 is 2.76 bits per heavy atom. The molecule has 0 aliphatic heterocycles. The van der Waals surface area contributed by atoms with E-state index in [1.54, 1.807) is 11.8 Å². The van der Waals surface area contributed by atoms with Crippen LogP contribution in [0.25, 0.3) is 17.0 Å². The van der Waals surface area contributed by atoms with Crippen molar-refractivity contribution in [3.05, 3.63) is 65.1 Å². The maximum absolute atomic E-state index is 6.27. The van der Waals surface area contributed by atoms with E-state index in [2.05, 4.69) is 45.0 Å². The molecule has 0 spiro atoms. The Morgan fingerprint density at radius 2 is 1.92 bits per heavy atom. The number of pyridine rings is 1. The highest BCUT2D eigenvalue weighted by atomic mass is 35.5. The van der Waals surface area contributed by atoms with Gasteiger partial charge in [0.2, 0.25) is 0 Å². The SMILES string of the molecule is Cc1ccc2nc(CSc3nnc(-c4ccccc4Cl)n3C)cn2c1. The number of fused-ring (bicyclic) bond motifs is 1. The van der Waals surface area contributed by atoms with E-state index >= 15 is 0 Å². The zero-order valence-corrected chi connectivity index (χ0v) is 15.4. The average molecular weight is 370 g/mol. The maximum atomic E-state index is 6.27. The molecule has 0 radical (unpaired) electrons. The van der Waals surface area contributed by atoms with Crippen LogP contribution in [-0.4, -0.2) is 24.1 Å². The lowest BCUT2D eigenvalue weighted by molar-refractivity contribution is 0.793. The summed E-state index contributed by atoms with van der Waals surface area (Å²) in [6, 6.07) is 11.8. The molecule has 4 aromatic rings. The van der Waals surface area contributed by atoms with Gasteiger partial charge in [0.05, 0.1) is 10.7 Å². The van der Waals surface area contributed by atoms with Crippen molar-refractivity contribution in [1.29, 1.82) is 0 Å². The van der Waals surface area contributed by atoms with Gasteiger partial charge < -0.3 is 8.97 Å². The third kappa shape index (κ3) is 3.15. The van der Waals surface area contributed by atoms with Gasteiger partial charge in [-0.05, 0) is 30.7 Å². The summed E-state index contributed by atoms with van der Waals surface area (Å²) in [5.41, 5.74) is 4.06. The summed E-state index contributed by atoms with van der Waals surface area (Å²) in [6.45, 7) is 2.07. The van der Waals surface area contributed by atoms with Gasteiger partial charge in [-0.25, -0.2) is 4.98 Å². The number of rotatable bonds is 4. The summed E-state index contributed by atoms with van der Waals surface area (Å²) in [5, 5.41) is 10.1. The van der Waals surface area contributed by atoms with Crippen molar-refractivity contribution in [1.82, 2.24) is 24.1 Å². The Hall–Kier alpha value is -2.31. The van der Waals surface area contributed by atoms with E-state index in [0.29, 0.717) is 5.02 Å². The lowest BCUT2D eigenvalue weighted by Crippen LogP contribution is -1.95. The highest BCUT2D eigenvalue weighted by Gasteiger charge is 2.14. The van der Waals surface area contributed by atoms with Crippen LogP contribution in [-0.2, 0) is 12.8 Å². The molecule has 7 heteroatoms. The van der Waals surface area contributed by atoms with Crippen LogP contribution in [0.1, 0.15) is 11.3 Å². The number of aryl methyl sites for hydroxylation is 1. The molecule has 126 valence electrons. The highest BCUT2D eigenvalue weighted by Crippen LogP contribution is 2.29. The molecular weight excluding hydrogens is 354 g/mol. The number of hydrogen-bond acceptors (Lipinski definition) is 4. The molecule has 0 fully saturated rings. The van der Waals surface area contributed by atoms with Gasteiger partial charge in [-0.3, -0.25) is 0 Å². The molecule has 0 aliphatic carbocycles. The van der Waals surface area contributed by atoms with Crippen LogP contribution < -0.4 is 0 Å². The molecule has 0 atom stereocenters. The molecule has 0 N–H and O–H groups in total. The van der Waals surface area contributed by atoms with E-state index < -0.39 is 0 Å². The molecular formula is C18H16ClN5S. The number of hydrogen-bond donors (Lipinski definition) is 0. The van der Waals surface area contributed by atoms with Gasteiger partial charge in [0.15, 0.2) is 11.0 Å². The minimum absolute atomic E-state index is 0.672. The number of benzene rings is 1. The van der Waals surface area contributed by atoms with Crippen molar-refractivity contribution in [2.45, 2.75) is 17.8 Å². The number of nitrogens with zero attached hydrogens (tertiary/aromatic N) is 5. The second-order valence-corrected chi connectivity index (χ2v) is 7.19. The highest BCUT2D eigenvalue weighted by molar-refractivity contribution is 7.98. The van der Waals surface area contributed by atoms with Crippen LogP contribution in [0, 0.1) is 6.92 Å². The predicted octanol–water partition coefficient (Wildman–Crippen LogP) is 4.38. The minimum atomic E-state index is 0.672. The van der Waals surface area contributed by atoms with Crippen LogP contribution in [0.15, 0.2) is 53.9 Å². The van der Waals surface area contributed by atoms with Gasteiger partial charge in [-0.1, -0.05) is 41.6 Å². The van der Waals surface area contributed by atoms with E-state index in [9.17, 15) is 0 Å². The first-order valence-corrected chi connectivity index (χ1v) is 9.19. The molecule has 5 nitrogen and oxygen atoms in total. The molecule has 4 rings (SSSR count). The maximum Gasteiger partial charge on any atom is 0.191 e. The fourth-order valence-electron chi connectivity index (χ4n) is 2.68. The summed E-state index contributed by atoms with van der Waals surface area (Å²) < 4.78 is 4.02. The fraction of sp³-hybridized carbons (Fsp3) is 0.167. The summed E-state index contributed by atoms with van der Waals surface area (Å²) in [4.78, 5) is 4.64. The van der Waals surface area contributed by atoms with Crippen LogP contribution in [0.5, 0.6) is 0 Å². The summed E-state index contributed by atoms with van der Waals surface area (Å²) in [6.07, 6.45) is 4.13. The van der Waals surface area contributed by atoms with Crippen LogP contribution >= 0.6 is 23.4 Å². The molecule has 0 bridgehead atoms. The zero-order valence-electron chi connectivity index (χ0n) is 13.8. The number of imidazole rings is 1. The van der Waals surface area contributed by atoms with Crippen molar-refractivity contribution >= 4 is 29.0 Å². The lowest BCUT2D eigenvalue weighted by Gasteiger charge is -2.04. The predicted molar refractivity (Wildman–Crippen MR) is 101 cm³/mol. The molecule has 1 aromatic carbocycles. The summed E-state index contributed by atoms with van der Waals surface area (Å²) in [7, 11) is 1.95. The van der Waals surface area contributed by atoms with Crippen molar-refractivity contribution in [2.24, 2.45) is 7.05 Å². The number of halogens is 1. The normalized spacial score (nSPS) is 11.3. The van der Waals surface area contributed by atoms with E-state index in [1.807, 2.05) is 41.9 Å². The molecule has 0 aliphatic rings. The molecule has 0 amide bonds. The molecule has 25 heavy (non-hydrogen) atoms. The fourth-order valence-corrected chi connectivity index (χ4v) is 3.70. The summed E-state index contributed by atoms with van der Waals surface area (Å²) in [5.74, 6) is 1.49. The van der Waals surface area contributed by atoms with E-state index in [-0.39, 0.29) is 0 Å². The molecule has 3 aromatic heterocycles. The topological polar surface area (TPSA) is 48.0 Å². The summed E-state index contributed by atoms with van der Waals surface area (Å²) >= 11 is 7.88. The van der Waals surface area contributed by atoms with E-state index in [1.165, 1.54) is 5.56 Å². The van der Waals surface area contributed by atoms with Gasteiger partial charge in [0, 0.05) is 30.8 Å². The lowest BCUT2D eigenvalue weighted by atomic mass is 10.2. The Kier molecular flexibility index (Phi) is 4.23. The van der Waals surface area contributed by atoms with Gasteiger partial charge in [-0.2, -0.15) is 0 Å². The molecule has 0 unspecified atom stereocenters. The second kappa shape index (κ2) is 6.54. The van der Waals surface area contributed by atoms with E-state index in [0.717, 1.165) is 33.6 Å². The van der Waals surface area contributed by atoms with Crippen LogP contribution in [0.3, 0.4) is 0 Å². The Bertz CT molecular complexity index is 1050. The number of thioether (sulfide) groups is 1. The van der Waals surface area contributed by atoms with Crippen LogP contribution in [0.4, 0.5) is 0 Å². The average Bonchev–Trinajstić information content (AvgIpc) is 3.16. The van der Waals surface area contributed by atoms with E-state index in [4.69, 9.17) is 11.6 Å². The first kappa shape index (κ1) is 16.2. The van der Waals surface area contributed by atoms with Crippen LogP contribution in [0.2, 0.25) is 5.02 Å². The third-order valence-corrected chi connectivity index (χ3v) is 5.33. The van der Waals surface area contributed by atoms with Gasteiger partial charge in [0.25, 0.3) is 0 Å². The van der Waals surface area contributed by atoms with Crippen molar-refractivity contribution in [3.63, 3.8) is 0 Å². The first-order chi connectivity index (χ1) is 12.1. The smallest absolute Gasteiger partial charge is 0.191 e. The quantitative estimate of drug-likeness (QED) is 0.501. The Morgan fingerprint density at radius 1 is 1.08 bits per heavy atom. The van der Waals surface area contributed by atoms with Gasteiger partial charge in [0.1, 0.15) is 5.65 Å². The molecule has 0 saturated carbocycles. The monoisotopic (exact) mass is 369 g/mol. The van der Waals surface area contributed by atoms with Gasteiger partial charge in [-0.15, -0.1) is 10.2 Å². The van der Waals surface area contributed by atoms with Crippen molar-refractivity contribution < 1.29 is 0 Å². The van der Waals surface area contributed by atoms with Crippen molar-refractivity contribution in [2.75, 3.05) is 0 Å². The van der Waals surface area contributed by atoms with Gasteiger partial charge >= 0.3 is 0 Å². The third-order valence-electron chi connectivity index (χ3n) is 3.95.